The van der Waals surface area contributed by atoms with Crippen LogP contribution in [0.2, 0.25) is 5.02 Å². The lowest BCUT2D eigenvalue weighted by Crippen LogP contribution is -2.53. The molecule has 5 nitrogen and oxygen atoms in total. The van der Waals surface area contributed by atoms with Crippen LogP contribution in [0.1, 0.15) is 27.5 Å². The second-order valence-corrected chi connectivity index (χ2v) is 7.95. The Hall–Kier alpha value is -3.15. The van der Waals surface area contributed by atoms with Gasteiger partial charge in [0, 0.05) is 36.8 Å². The third-order valence-corrected chi connectivity index (χ3v) is 5.78. The van der Waals surface area contributed by atoms with Gasteiger partial charge < -0.3 is 4.90 Å². The minimum Gasteiger partial charge on any atom is -0.322 e. The van der Waals surface area contributed by atoms with Crippen LogP contribution < -0.4 is 5.32 Å². The molecule has 0 radical (unpaired) electrons. The molecule has 1 N–H and O–H groups in total. The summed E-state index contributed by atoms with van der Waals surface area (Å²) >= 11 is 5.86. The van der Waals surface area contributed by atoms with E-state index >= 15 is 0 Å². The van der Waals surface area contributed by atoms with E-state index in [1.807, 2.05) is 12.1 Å². The monoisotopic (exact) mass is 433 g/mol. The fourth-order valence-electron chi connectivity index (χ4n) is 3.92. The zero-order valence-corrected chi connectivity index (χ0v) is 17.8. The Balaban J connectivity index is 1.41. The average Bonchev–Trinajstić information content (AvgIpc) is 2.81. The topological polar surface area (TPSA) is 52.7 Å². The molecule has 0 aromatic heterocycles. The highest BCUT2D eigenvalue weighted by Crippen LogP contribution is 2.29. The van der Waals surface area contributed by atoms with E-state index in [1.165, 1.54) is 11.1 Å². The number of urea groups is 1. The zero-order valence-electron chi connectivity index (χ0n) is 17.1. The van der Waals surface area contributed by atoms with Crippen molar-refractivity contribution in [3.05, 3.63) is 107 Å². The Morgan fingerprint density at radius 1 is 0.742 bits per heavy atom. The van der Waals surface area contributed by atoms with Gasteiger partial charge in [-0.3, -0.25) is 15.0 Å². The molecule has 0 bridgehead atoms. The van der Waals surface area contributed by atoms with Crippen molar-refractivity contribution < 1.29 is 9.59 Å². The molecule has 3 amide bonds. The molecule has 158 valence electrons. The molecule has 31 heavy (non-hydrogen) atoms. The predicted octanol–water partition coefficient (Wildman–Crippen LogP) is 4.60. The number of hydrogen-bond acceptors (Lipinski definition) is 3. The van der Waals surface area contributed by atoms with Crippen molar-refractivity contribution in [2.45, 2.75) is 6.04 Å². The zero-order chi connectivity index (χ0) is 21.6. The highest BCUT2D eigenvalue weighted by atomic mass is 35.5. The maximum absolute atomic E-state index is 12.6. The average molecular weight is 434 g/mol. The number of carbonyl (C=O) groups excluding carboxylic acids is 2. The number of halogens is 1. The van der Waals surface area contributed by atoms with Crippen molar-refractivity contribution >= 4 is 23.5 Å². The molecular formula is C25H24ClN3O2. The summed E-state index contributed by atoms with van der Waals surface area (Å²) in [6, 6.07) is 27.0. The first-order valence-electron chi connectivity index (χ1n) is 10.3. The van der Waals surface area contributed by atoms with E-state index in [9.17, 15) is 9.59 Å². The third-order valence-electron chi connectivity index (χ3n) is 5.52. The lowest BCUT2D eigenvalue weighted by molar-refractivity contribution is 0.0921. The van der Waals surface area contributed by atoms with Crippen molar-refractivity contribution in [3.8, 4) is 0 Å². The molecule has 4 rings (SSSR count). The molecule has 1 heterocycles. The molecule has 0 spiro atoms. The summed E-state index contributed by atoms with van der Waals surface area (Å²) in [7, 11) is 0. The van der Waals surface area contributed by atoms with Gasteiger partial charge in [-0.15, -0.1) is 0 Å². The van der Waals surface area contributed by atoms with E-state index in [4.69, 9.17) is 11.6 Å². The van der Waals surface area contributed by atoms with Gasteiger partial charge in [0.2, 0.25) is 0 Å². The van der Waals surface area contributed by atoms with Gasteiger partial charge in [0.15, 0.2) is 0 Å². The van der Waals surface area contributed by atoms with Crippen molar-refractivity contribution in [3.63, 3.8) is 0 Å². The van der Waals surface area contributed by atoms with Gasteiger partial charge in [-0.1, -0.05) is 72.3 Å². The molecule has 0 aliphatic carbocycles. The molecule has 1 aliphatic rings. The molecule has 3 aromatic carbocycles. The van der Waals surface area contributed by atoms with E-state index in [2.05, 4.69) is 58.7 Å². The van der Waals surface area contributed by atoms with Crippen molar-refractivity contribution in [1.82, 2.24) is 15.1 Å². The fourth-order valence-corrected chi connectivity index (χ4v) is 4.04. The van der Waals surface area contributed by atoms with Gasteiger partial charge in [0.25, 0.3) is 5.91 Å². The number of amides is 3. The standard InChI is InChI=1S/C25H24ClN3O2/c26-22-13-11-21(12-14-22)24(30)27-25(31)29-17-15-28(16-18-29)23(19-7-3-1-4-8-19)20-9-5-2-6-10-20/h1-14,23H,15-18H2,(H,27,30,31). The molecular weight excluding hydrogens is 410 g/mol. The first kappa shape index (κ1) is 21.1. The first-order valence-corrected chi connectivity index (χ1v) is 10.7. The van der Waals surface area contributed by atoms with Crippen molar-refractivity contribution in [2.75, 3.05) is 26.2 Å². The smallest absolute Gasteiger partial charge is 0.322 e. The maximum atomic E-state index is 12.6. The van der Waals surface area contributed by atoms with Crippen LogP contribution in [0.25, 0.3) is 0 Å². The van der Waals surface area contributed by atoms with Crippen LogP contribution in [0.3, 0.4) is 0 Å². The molecule has 1 fully saturated rings. The van der Waals surface area contributed by atoms with Crippen LogP contribution in [0, 0.1) is 0 Å². The number of nitrogens with zero attached hydrogens (tertiary/aromatic N) is 2. The van der Waals surface area contributed by atoms with Crippen molar-refractivity contribution in [2.24, 2.45) is 0 Å². The lowest BCUT2D eigenvalue weighted by atomic mass is 9.96. The minimum atomic E-state index is -0.421. The second-order valence-electron chi connectivity index (χ2n) is 7.51. The van der Waals surface area contributed by atoms with E-state index in [0.29, 0.717) is 23.7 Å². The van der Waals surface area contributed by atoms with Crippen LogP contribution in [0.5, 0.6) is 0 Å². The van der Waals surface area contributed by atoms with Crippen molar-refractivity contribution in [1.29, 1.82) is 0 Å². The Bertz CT molecular complexity index is 978. The quantitative estimate of drug-likeness (QED) is 0.654. The number of nitrogens with one attached hydrogen (secondary N) is 1. The van der Waals surface area contributed by atoms with Gasteiger partial charge in [-0.2, -0.15) is 0 Å². The van der Waals surface area contributed by atoms with Gasteiger partial charge >= 0.3 is 6.03 Å². The Morgan fingerprint density at radius 2 is 1.26 bits per heavy atom. The van der Waals surface area contributed by atoms with Gasteiger partial charge in [-0.25, -0.2) is 4.79 Å². The normalized spacial score (nSPS) is 14.5. The third kappa shape index (κ3) is 5.13. The minimum absolute atomic E-state index is 0.128. The van der Waals surface area contributed by atoms with E-state index < -0.39 is 5.91 Å². The molecule has 1 saturated heterocycles. The SMILES string of the molecule is O=C(NC(=O)N1CCN(C(c2ccccc2)c2ccccc2)CC1)c1ccc(Cl)cc1. The Morgan fingerprint density at radius 3 is 1.77 bits per heavy atom. The summed E-state index contributed by atoms with van der Waals surface area (Å²) in [5.74, 6) is -0.421. The van der Waals surface area contributed by atoms with Crippen LogP contribution in [-0.2, 0) is 0 Å². The second kappa shape index (κ2) is 9.77. The Labute approximate surface area is 187 Å². The summed E-state index contributed by atoms with van der Waals surface area (Å²) in [6.07, 6.45) is 0. The van der Waals surface area contributed by atoms with E-state index in [0.717, 1.165) is 13.1 Å². The Kier molecular flexibility index (Phi) is 6.65. The van der Waals surface area contributed by atoms with Crippen LogP contribution in [0.4, 0.5) is 4.79 Å². The molecule has 3 aromatic rings. The number of imide groups is 1. The van der Waals surface area contributed by atoms with Gasteiger partial charge in [0.1, 0.15) is 0 Å². The number of benzene rings is 3. The number of carbonyl (C=O) groups is 2. The molecule has 0 saturated carbocycles. The fraction of sp³-hybridized carbons (Fsp3) is 0.200. The molecule has 0 unspecified atom stereocenters. The molecule has 6 heteroatoms. The molecule has 0 atom stereocenters. The number of hydrogen-bond donors (Lipinski definition) is 1. The van der Waals surface area contributed by atoms with Gasteiger partial charge in [0.05, 0.1) is 6.04 Å². The summed E-state index contributed by atoms with van der Waals surface area (Å²) in [5.41, 5.74) is 2.86. The largest absolute Gasteiger partial charge is 0.324 e. The summed E-state index contributed by atoms with van der Waals surface area (Å²) < 4.78 is 0. The highest BCUT2D eigenvalue weighted by Gasteiger charge is 2.28. The van der Waals surface area contributed by atoms with Crippen LogP contribution >= 0.6 is 11.6 Å². The van der Waals surface area contributed by atoms with E-state index in [-0.39, 0.29) is 12.1 Å². The lowest BCUT2D eigenvalue weighted by Gasteiger charge is -2.39. The summed E-state index contributed by atoms with van der Waals surface area (Å²) in [5, 5.41) is 3.03. The van der Waals surface area contributed by atoms with E-state index in [1.54, 1.807) is 29.2 Å². The first-order chi connectivity index (χ1) is 15.1. The number of rotatable bonds is 4. The van der Waals surface area contributed by atoms with Crippen LogP contribution in [-0.4, -0.2) is 47.9 Å². The van der Waals surface area contributed by atoms with Gasteiger partial charge in [-0.05, 0) is 35.4 Å². The molecule has 1 aliphatic heterocycles. The predicted molar refractivity (Wildman–Crippen MR) is 122 cm³/mol. The number of piperazine rings is 1. The summed E-state index contributed by atoms with van der Waals surface area (Å²) in [4.78, 5) is 29.0. The highest BCUT2D eigenvalue weighted by molar-refractivity contribution is 6.30. The summed E-state index contributed by atoms with van der Waals surface area (Å²) in [6.45, 7) is 2.54. The van der Waals surface area contributed by atoms with Crippen LogP contribution in [0.15, 0.2) is 84.9 Å². The maximum Gasteiger partial charge on any atom is 0.324 e.